The van der Waals surface area contributed by atoms with Crippen LogP contribution in [0.4, 0.5) is 13.2 Å². The van der Waals surface area contributed by atoms with E-state index in [4.69, 9.17) is 4.74 Å². The number of thiazole rings is 1. The molecule has 1 heterocycles. The summed E-state index contributed by atoms with van der Waals surface area (Å²) in [6, 6.07) is 5.02. The molecule has 0 aliphatic heterocycles. The van der Waals surface area contributed by atoms with Gasteiger partial charge in [-0.05, 0) is 24.3 Å². The number of aldehydes is 1. The summed E-state index contributed by atoms with van der Waals surface area (Å²) in [6.45, 7) is 0.137. The summed E-state index contributed by atoms with van der Waals surface area (Å²) in [5.41, 5.74) is 0.322. The molecule has 0 spiro atoms. The molecule has 0 saturated carbocycles. The average molecular weight is 303 g/mol. The Morgan fingerprint density at radius 3 is 2.40 bits per heavy atom. The Hall–Kier alpha value is -2.09. The molecule has 1 aromatic heterocycles. The van der Waals surface area contributed by atoms with Gasteiger partial charge < -0.3 is 9.47 Å². The Bertz CT molecular complexity index is 580. The predicted molar refractivity (Wildman–Crippen MR) is 65.0 cm³/mol. The van der Waals surface area contributed by atoms with Crippen molar-refractivity contribution in [3.8, 4) is 11.5 Å². The molecular weight excluding hydrogens is 295 g/mol. The summed E-state index contributed by atoms with van der Waals surface area (Å²) in [5.74, 6) is 0.0599. The average Bonchev–Trinajstić information content (AvgIpc) is 2.84. The molecule has 0 radical (unpaired) electrons. The van der Waals surface area contributed by atoms with E-state index in [1.165, 1.54) is 23.5 Å². The number of benzene rings is 1. The highest BCUT2D eigenvalue weighted by Crippen LogP contribution is 2.25. The molecule has 1 aromatic carbocycles. The lowest BCUT2D eigenvalue weighted by atomic mass is 10.3. The van der Waals surface area contributed by atoms with Crippen molar-refractivity contribution < 1.29 is 27.4 Å². The lowest BCUT2D eigenvalue weighted by Crippen LogP contribution is -2.16. The normalized spacial score (nSPS) is 11.2. The van der Waals surface area contributed by atoms with Crippen molar-refractivity contribution >= 4 is 17.6 Å². The summed E-state index contributed by atoms with van der Waals surface area (Å²) in [7, 11) is 0. The topological polar surface area (TPSA) is 48.4 Å². The van der Waals surface area contributed by atoms with Crippen molar-refractivity contribution in [1.82, 2.24) is 4.98 Å². The standard InChI is InChI=1S/C12H8F3NO3S/c13-12(14,15)19-10-3-1-9(2-4-10)18-6-11-16-8(5-17)7-20-11/h1-5,7H,6H2. The largest absolute Gasteiger partial charge is 0.573 e. The first-order valence-electron chi connectivity index (χ1n) is 5.34. The molecule has 106 valence electrons. The molecule has 0 unspecified atom stereocenters. The minimum atomic E-state index is -4.71. The van der Waals surface area contributed by atoms with Crippen LogP contribution < -0.4 is 9.47 Å². The number of alkyl halides is 3. The van der Waals surface area contributed by atoms with E-state index in [0.29, 0.717) is 22.7 Å². The Labute approximate surface area is 115 Å². The van der Waals surface area contributed by atoms with Gasteiger partial charge in [-0.1, -0.05) is 0 Å². The second kappa shape index (κ2) is 5.91. The third kappa shape index (κ3) is 4.23. The first kappa shape index (κ1) is 14.3. The van der Waals surface area contributed by atoms with E-state index < -0.39 is 6.36 Å². The number of carbonyl (C=O) groups excluding carboxylic acids is 1. The van der Waals surface area contributed by atoms with Crippen molar-refractivity contribution in [2.45, 2.75) is 13.0 Å². The lowest BCUT2D eigenvalue weighted by Gasteiger charge is -2.09. The third-order valence-corrected chi connectivity index (χ3v) is 2.95. The van der Waals surface area contributed by atoms with Crippen LogP contribution in [0.2, 0.25) is 0 Å². The number of halogens is 3. The van der Waals surface area contributed by atoms with Crippen LogP contribution in [0.3, 0.4) is 0 Å². The zero-order valence-corrected chi connectivity index (χ0v) is 10.7. The molecule has 0 bridgehead atoms. The van der Waals surface area contributed by atoms with Gasteiger partial charge in [-0.3, -0.25) is 4.79 Å². The van der Waals surface area contributed by atoms with Crippen LogP contribution in [-0.4, -0.2) is 17.6 Å². The van der Waals surface area contributed by atoms with Gasteiger partial charge in [-0.2, -0.15) is 0 Å². The number of ether oxygens (including phenoxy) is 2. The van der Waals surface area contributed by atoms with Gasteiger partial charge in [0.15, 0.2) is 6.29 Å². The number of carbonyl (C=O) groups is 1. The van der Waals surface area contributed by atoms with Gasteiger partial charge in [-0.15, -0.1) is 24.5 Å². The lowest BCUT2D eigenvalue weighted by molar-refractivity contribution is -0.274. The number of hydrogen-bond donors (Lipinski definition) is 0. The Balaban J connectivity index is 1.92. The molecule has 2 rings (SSSR count). The van der Waals surface area contributed by atoms with E-state index in [9.17, 15) is 18.0 Å². The molecule has 0 saturated heterocycles. The van der Waals surface area contributed by atoms with Crippen LogP contribution in [0, 0.1) is 0 Å². The number of nitrogens with zero attached hydrogens (tertiary/aromatic N) is 1. The molecule has 0 fully saturated rings. The van der Waals surface area contributed by atoms with Crippen LogP contribution in [0.25, 0.3) is 0 Å². The minimum absolute atomic E-state index is 0.137. The van der Waals surface area contributed by atoms with Gasteiger partial charge in [0.2, 0.25) is 0 Å². The highest BCUT2D eigenvalue weighted by atomic mass is 32.1. The van der Waals surface area contributed by atoms with E-state index in [0.717, 1.165) is 12.1 Å². The zero-order chi connectivity index (χ0) is 14.6. The van der Waals surface area contributed by atoms with Crippen molar-refractivity contribution in [2.24, 2.45) is 0 Å². The van der Waals surface area contributed by atoms with Crippen molar-refractivity contribution in [2.75, 3.05) is 0 Å². The van der Waals surface area contributed by atoms with E-state index in [1.807, 2.05) is 0 Å². The van der Waals surface area contributed by atoms with Gasteiger partial charge in [0.25, 0.3) is 0 Å². The highest BCUT2D eigenvalue weighted by Gasteiger charge is 2.30. The molecule has 2 aromatic rings. The summed E-state index contributed by atoms with van der Waals surface area (Å²) in [4.78, 5) is 14.4. The minimum Gasteiger partial charge on any atom is -0.486 e. The second-order valence-corrected chi connectivity index (χ2v) is 4.53. The van der Waals surface area contributed by atoms with Crippen molar-refractivity contribution in [3.05, 3.63) is 40.3 Å². The van der Waals surface area contributed by atoms with E-state index in [1.54, 1.807) is 5.38 Å². The molecular formula is C12H8F3NO3S. The number of aromatic nitrogens is 1. The molecule has 0 N–H and O–H groups in total. The fraction of sp³-hybridized carbons (Fsp3) is 0.167. The molecule has 20 heavy (non-hydrogen) atoms. The molecule has 0 atom stereocenters. The van der Waals surface area contributed by atoms with E-state index in [2.05, 4.69) is 9.72 Å². The van der Waals surface area contributed by atoms with Gasteiger partial charge in [-0.25, -0.2) is 4.98 Å². The highest BCUT2D eigenvalue weighted by molar-refractivity contribution is 7.09. The van der Waals surface area contributed by atoms with Gasteiger partial charge >= 0.3 is 6.36 Å². The van der Waals surface area contributed by atoms with Crippen molar-refractivity contribution in [3.63, 3.8) is 0 Å². The van der Waals surface area contributed by atoms with Gasteiger partial charge in [0.1, 0.15) is 28.8 Å². The first-order valence-corrected chi connectivity index (χ1v) is 6.22. The van der Waals surface area contributed by atoms with Crippen LogP contribution in [-0.2, 0) is 6.61 Å². The van der Waals surface area contributed by atoms with Gasteiger partial charge in [0.05, 0.1) is 0 Å². The molecule has 4 nitrogen and oxygen atoms in total. The molecule has 8 heteroatoms. The SMILES string of the molecule is O=Cc1csc(COc2ccc(OC(F)(F)F)cc2)n1. The van der Waals surface area contributed by atoms with E-state index in [-0.39, 0.29) is 12.4 Å². The Morgan fingerprint density at radius 2 is 1.85 bits per heavy atom. The second-order valence-electron chi connectivity index (χ2n) is 3.59. The predicted octanol–water partition coefficient (Wildman–Crippen LogP) is 3.43. The fourth-order valence-electron chi connectivity index (χ4n) is 1.33. The van der Waals surface area contributed by atoms with Crippen LogP contribution >= 0.6 is 11.3 Å². The maximum atomic E-state index is 12.0. The van der Waals surface area contributed by atoms with E-state index >= 15 is 0 Å². The quantitative estimate of drug-likeness (QED) is 0.794. The maximum Gasteiger partial charge on any atom is 0.573 e. The molecule has 0 aliphatic carbocycles. The van der Waals surface area contributed by atoms with Crippen LogP contribution in [0.1, 0.15) is 15.5 Å². The van der Waals surface area contributed by atoms with Crippen LogP contribution in [0.5, 0.6) is 11.5 Å². The first-order chi connectivity index (χ1) is 9.46. The van der Waals surface area contributed by atoms with Crippen molar-refractivity contribution in [1.29, 1.82) is 0 Å². The summed E-state index contributed by atoms with van der Waals surface area (Å²) < 4.78 is 44.9. The van der Waals surface area contributed by atoms with Gasteiger partial charge in [0, 0.05) is 5.38 Å². The zero-order valence-electron chi connectivity index (χ0n) is 9.89. The summed E-state index contributed by atoms with van der Waals surface area (Å²) in [5, 5.41) is 2.19. The third-order valence-electron chi connectivity index (χ3n) is 2.11. The van der Waals surface area contributed by atoms with Crippen LogP contribution in [0.15, 0.2) is 29.6 Å². The molecule has 0 aliphatic rings. The fourth-order valence-corrected chi connectivity index (χ4v) is 1.98. The molecule has 0 amide bonds. The monoisotopic (exact) mass is 303 g/mol. The number of rotatable bonds is 5. The maximum absolute atomic E-state index is 12.0. The summed E-state index contributed by atoms with van der Waals surface area (Å²) in [6.07, 6.45) is -4.09. The number of hydrogen-bond acceptors (Lipinski definition) is 5. The Kier molecular flexibility index (Phi) is 4.23. The summed E-state index contributed by atoms with van der Waals surface area (Å²) >= 11 is 1.26. The smallest absolute Gasteiger partial charge is 0.486 e. The Morgan fingerprint density at radius 1 is 1.20 bits per heavy atom.